The summed E-state index contributed by atoms with van der Waals surface area (Å²) in [5, 5.41) is 14.7. The standard InChI is InChI=1S/C23H14F5N5O3/c1-32-18(30-31-22(32)35)11-33-7-6-15(23(26,27)28)19(21(33)34)36-20-16(24)8-14(9-17(20)25)13-4-2-12(10-29)3-5-13/h2-9H,11H2,1H3,(H,31,35). The van der Waals surface area contributed by atoms with Crippen LogP contribution in [0.4, 0.5) is 22.0 Å². The summed E-state index contributed by atoms with van der Waals surface area (Å²) in [4.78, 5) is 24.4. The van der Waals surface area contributed by atoms with Crippen molar-refractivity contribution in [3.63, 3.8) is 0 Å². The number of nitrogens with one attached hydrogen (secondary N) is 1. The van der Waals surface area contributed by atoms with Crippen LogP contribution in [-0.2, 0) is 19.8 Å². The lowest BCUT2D eigenvalue weighted by molar-refractivity contribution is -0.138. The Bertz CT molecular complexity index is 1590. The lowest BCUT2D eigenvalue weighted by Crippen LogP contribution is -2.26. The minimum Gasteiger partial charge on any atom is -0.445 e. The summed E-state index contributed by atoms with van der Waals surface area (Å²) in [5.74, 6) is -5.26. The molecule has 36 heavy (non-hydrogen) atoms. The van der Waals surface area contributed by atoms with E-state index in [-0.39, 0.29) is 11.4 Å². The number of rotatable bonds is 5. The van der Waals surface area contributed by atoms with Gasteiger partial charge < -0.3 is 9.30 Å². The third kappa shape index (κ3) is 4.61. The molecule has 0 aliphatic rings. The fraction of sp³-hybridized carbons (Fsp3) is 0.130. The van der Waals surface area contributed by atoms with Gasteiger partial charge in [-0.15, -0.1) is 0 Å². The van der Waals surface area contributed by atoms with Crippen LogP contribution < -0.4 is 16.0 Å². The molecule has 0 amide bonds. The zero-order valence-corrected chi connectivity index (χ0v) is 18.2. The molecule has 0 aliphatic carbocycles. The number of H-pyrrole nitrogens is 1. The Morgan fingerprint density at radius 3 is 2.19 bits per heavy atom. The molecule has 2 aromatic carbocycles. The molecule has 13 heteroatoms. The molecular weight excluding hydrogens is 489 g/mol. The van der Waals surface area contributed by atoms with E-state index in [1.165, 1.54) is 31.3 Å². The highest BCUT2D eigenvalue weighted by Gasteiger charge is 2.37. The molecular formula is C23H14F5N5O3. The lowest BCUT2D eigenvalue weighted by atomic mass is 10.0. The number of hydrogen-bond donors (Lipinski definition) is 1. The van der Waals surface area contributed by atoms with Crippen LogP contribution in [0, 0.1) is 23.0 Å². The Morgan fingerprint density at radius 1 is 1.03 bits per heavy atom. The molecule has 1 N–H and O–H groups in total. The number of ether oxygens (including phenoxy) is 1. The Kier molecular flexibility index (Phi) is 6.19. The van der Waals surface area contributed by atoms with E-state index in [1.54, 1.807) is 0 Å². The van der Waals surface area contributed by atoms with E-state index in [2.05, 4.69) is 10.2 Å². The van der Waals surface area contributed by atoms with Gasteiger partial charge in [0.1, 0.15) is 5.56 Å². The van der Waals surface area contributed by atoms with Gasteiger partial charge in [-0.25, -0.2) is 18.7 Å². The molecule has 8 nitrogen and oxygen atoms in total. The maximum absolute atomic E-state index is 14.8. The predicted molar refractivity (Wildman–Crippen MR) is 115 cm³/mol. The van der Waals surface area contributed by atoms with E-state index in [0.717, 1.165) is 27.5 Å². The first-order valence-electron chi connectivity index (χ1n) is 10.1. The van der Waals surface area contributed by atoms with Gasteiger partial charge in [-0.2, -0.15) is 23.5 Å². The van der Waals surface area contributed by atoms with Crippen LogP contribution in [0.25, 0.3) is 11.1 Å². The summed E-state index contributed by atoms with van der Waals surface area (Å²) in [6.45, 7) is -0.425. The van der Waals surface area contributed by atoms with E-state index in [1.807, 2.05) is 6.07 Å². The number of aromatic nitrogens is 4. The van der Waals surface area contributed by atoms with Gasteiger partial charge in [-0.3, -0.25) is 9.36 Å². The van der Waals surface area contributed by atoms with Crippen molar-refractivity contribution in [2.45, 2.75) is 12.7 Å². The maximum Gasteiger partial charge on any atom is 0.420 e. The molecule has 0 unspecified atom stereocenters. The quantitative estimate of drug-likeness (QED) is 0.416. The predicted octanol–water partition coefficient (Wildman–Crippen LogP) is 3.95. The third-order valence-corrected chi connectivity index (χ3v) is 5.26. The molecule has 184 valence electrons. The van der Waals surface area contributed by atoms with Gasteiger partial charge in [0.05, 0.1) is 18.2 Å². The van der Waals surface area contributed by atoms with Gasteiger partial charge in [0, 0.05) is 13.2 Å². The summed E-state index contributed by atoms with van der Waals surface area (Å²) in [6, 6.07) is 9.79. The van der Waals surface area contributed by atoms with Crippen molar-refractivity contribution in [2.75, 3.05) is 0 Å². The Labute approximate surface area is 198 Å². The van der Waals surface area contributed by atoms with Gasteiger partial charge in [0.15, 0.2) is 23.2 Å². The van der Waals surface area contributed by atoms with E-state index >= 15 is 0 Å². The second-order valence-corrected chi connectivity index (χ2v) is 7.55. The van der Waals surface area contributed by atoms with E-state index in [0.29, 0.717) is 17.2 Å². The first-order chi connectivity index (χ1) is 17.0. The fourth-order valence-electron chi connectivity index (χ4n) is 3.34. The molecule has 0 radical (unpaired) electrons. The summed E-state index contributed by atoms with van der Waals surface area (Å²) >= 11 is 0. The lowest BCUT2D eigenvalue weighted by Gasteiger charge is -2.16. The highest BCUT2D eigenvalue weighted by molar-refractivity contribution is 5.65. The Balaban J connectivity index is 1.77. The average molecular weight is 503 g/mol. The van der Waals surface area contributed by atoms with E-state index < -0.39 is 52.7 Å². The number of halogens is 5. The van der Waals surface area contributed by atoms with Crippen LogP contribution in [0.2, 0.25) is 0 Å². The van der Waals surface area contributed by atoms with Crippen molar-refractivity contribution < 1.29 is 26.7 Å². The highest BCUT2D eigenvalue weighted by atomic mass is 19.4. The number of aromatic amines is 1. The number of nitriles is 1. The first-order valence-corrected chi connectivity index (χ1v) is 10.1. The second kappa shape index (κ2) is 9.14. The van der Waals surface area contributed by atoms with Crippen LogP contribution in [0.3, 0.4) is 0 Å². The minimum atomic E-state index is -5.08. The molecule has 0 atom stereocenters. The molecule has 0 saturated heterocycles. The number of alkyl halides is 3. The van der Waals surface area contributed by atoms with Gasteiger partial charge in [-0.05, 0) is 41.5 Å². The molecule has 0 saturated carbocycles. The van der Waals surface area contributed by atoms with Crippen molar-refractivity contribution in [3.8, 4) is 28.7 Å². The van der Waals surface area contributed by atoms with Crippen LogP contribution >= 0.6 is 0 Å². The zero-order chi connectivity index (χ0) is 26.2. The van der Waals surface area contributed by atoms with Crippen LogP contribution in [0.15, 0.2) is 58.3 Å². The molecule has 0 fully saturated rings. The molecule has 4 aromatic rings. The molecule has 0 spiro atoms. The second-order valence-electron chi connectivity index (χ2n) is 7.55. The van der Waals surface area contributed by atoms with Crippen molar-refractivity contribution >= 4 is 0 Å². The largest absolute Gasteiger partial charge is 0.445 e. The van der Waals surface area contributed by atoms with E-state index in [9.17, 15) is 31.5 Å². The molecule has 0 aliphatic heterocycles. The van der Waals surface area contributed by atoms with Crippen LogP contribution in [0.1, 0.15) is 17.0 Å². The smallest absolute Gasteiger partial charge is 0.420 e. The summed E-state index contributed by atoms with van der Waals surface area (Å²) < 4.78 is 77.2. The monoisotopic (exact) mass is 503 g/mol. The van der Waals surface area contributed by atoms with Crippen molar-refractivity contribution in [1.29, 1.82) is 5.26 Å². The van der Waals surface area contributed by atoms with Crippen molar-refractivity contribution in [1.82, 2.24) is 19.3 Å². The number of benzene rings is 2. The highest BCUT2D eigenvalue weighted by Crippen LogP contribution is 2.38. The number of hydrogen-bond acceptors (Lipinski definition) is 5. The van der Waals surface area contributed by atoms with Crippen molar-refractivity contribution in [2.24, 2.45) is 7.05 Å². The first kappa shape index (κ1) is 24.4. The van der Waals surface area contributed by atoms with E-state index in [4.69, 9.17) is 10.00 Å². The molecule has 2 aromatic heterocycles. The molecule has 0 bridgehead atoms. The Morgan fingerprint density at radius 2 is 1.67 bits per heavy atom. The minimum absolute atomic E-state index is 0.0111. The molecule has 4 rings (SSSR count). The van der Waals surface area contributed by atoms with Gasteiger partial charge in [-0.1, -0.05) is 12.1 Å². The van der Waals surface area contributed by atoms with Crippen LogP contribution in [0.5, 0.6) is 11.5 Å². The Hall–Kier alpha value is -4.73. The normalized spacial score (nSPS) is 11.4. The maximum atomic E-state index is 14.8. The third-order valence-electron chi connectivity index (χ3n) is 5.26. The van der Waals surface area contributed by atoms with Crippen LogP contribution in [-0.4, -0.2) is 19.3 Å². The number of pyridine rings is 1. The summed E-state index contributed by atoms with van der Waals surface area (Å²) in [5.41, 5.74) is -2.84. The zero-order valence-electron chi connectivity index (χ0n) is 18.2. The van der Waals surface area contributed by atoms with Crippen molar-refractivity contribution in [3.05, 3.63) is 98.1 Å². The summed E-state index contributed by atoms with van der Waals surface area (Å²) in [6.07, 6.45) is -4.28. The SMILES string of the molecule is Cn1c(Cn2ccc(C(F)(F)F)c(Oc3c(F)cc(-c4ccc(C#N)cc4)cc3F)c2=O)n[nH]c1=O. The fourth-order valence-corrected chi connectivity index (χ4v) is 3.34. The summed E-state index contributed by atoms with van der Waals surface area (Å²) in [7, 11) is 1.33. The van der Waals surface area contributed by atoms with Gasteiger partial charge in [0.25, 0.3) is 5.56 Å². The molecule has 2 heterocycles. The topological polar surface area (TPSA) is 106 Å². The average Bonchev–Trinajstić information content (AvgIpc) is 3.14. The number of nitrogens with zero attached hydrogens (tertiary/aromatic N) is 4. The van der Waals surface area contributed by atoms with Gasteiger partial charge >= 0.3 is 11.9 Å². The van der Waals surface area contributed by atoms with Gasteiger partial charge in [0.2, 0.25) is 5.75 Å².